The van der Waals surface area contributed by atoms with E-state index in [4.69, 9.17) is 16.8 Å². The topological polar surface area (TPSA) is 83.0 Å². The summed E-state index contributed by atoms with van der Waals surface area (Å²) >= 11 is 5.60. The van der Waals surface area contributed by atoms with E-state index in [1.807, 2.05) is 26.3 Å². The van der Waals surface area contributed by atoms with Gasteiger partial charge in [0.05, 0.1) is 0 Å². The van der Waals surface area contributed by atoms with Crippen LogP contribution < -0.4 is 10.8 Å². The SMILES string of the molecule is CC(C)(C)Nc1nc(Cl)nc(NO)n1. The molecule has 0 fully saturated rings. The molecule has 0 spiro atoms. The number of anilines is 2. The van der Waals surface area contributed by atoms with E-state index in [0.717, 1.165) is 0 Å². The highest BCUT2D eigenvalue weighted by Crippen LogP contribution is 2.13. The van der Waals surface area contributed by atoms with Gasteiger partial charge < -0.3 is 5.32 Å². The minimum atomic E-state index is -0.183. The Labute approximate surface area is 86.7 Å². The number of rotatable bonds is 2. The Morgan fingerprint density at radius 1 is 1.14 bits per heavy atom. The maximum atomic E-state index is 8.60. The summed E-state index contributed by atoms with van der Waals surface area (Å²) in [7, 11) is 0. The Morgan fingerprint density at radius 2 is 1.71 bits per heavy atom. The van der Waals surface area contributed by atoms with Crippen molar-refractivity contribution in [2.24, 2.45) is 0 Å². The molecule has 14 heavy (non-hydrogen) atoms. The molecule has 78 valence electrons. The van der Waals surface area contributed by atoms with Crippen LogP contribution in [0.1, 0.15) is 20.8 Å². The second kappa shape index (κ2) is 3.93. The van der Waals surface area contributed by atoms with Crippen molar-refractivity contribution in [3.05, 3.63) is 5.28 Å². The number of nitrogens with one attached hydrogen (secondary N) is 2. The lowest BCUT2D eigenvalue weighted by Crippen LogP contribution is -2.27. The van der Waals surface area contributed by atoms with E-state index >= 15 is 0 Å². The van der Waals surface area contributed by atoms with Crippen LogP contribution in [0.3, 0.4) is 0 Å². The third-order valence-electron chi connectivity index (χ3n) is 1.19. The fourth-order valence-electron chi connectivity index (χ4n) is 0.791. The lowest BCUT2D eigenvalue weighted by Gasteiger charge is -2.20. The molecule has 1 aromatic rings. The van der Waals surface area contributed by atoms with Gasteiger partial charge in [-0.3, -0.25) is 5.21 Å². The largest absolute Gasteiger partial charge is 0.349 e. The van der Waals surface area contributed by atoms with E-state index in [2.05, 4.69) is 20.3 Å². The first-order valence-corrected chi connectivity index (χ1v) is 4.38. The summed E-state index contributed by atoms with van der Waals surface area (Å²) in [5, 5.41) is 11.6. The van der Waals surface area contributed by atoms with Crippen molar-refractivity contribution in [2.45, 2.75) is 26.3 Å². The Hall–Kier alpha value is -1.14. The molecule has 7 heteroatoms. The van der Waals surface area contributed by atoms with E-state index in [-0.39, 0.29) is 16.8 Å². The van der Waals surface area contributed by atoms with Crippen molar-refractivity contribution >= 4 is 23.5 Å². The van der Waals surface area contributed by atoms with Gasteiger partial charge in [-0.05, 0) is 32.4 Å². The van der Waals surface area contributed by atoms with Gasteiger partial charge in [0, 0.05) is 5.54 Å². The van der Waals surface area contributed by atoms with Crippen LogP contribution in [0, 0.1) is 0 Å². The Kier molecular flexibility index (Phi) is 3.07. The van der Waals surface area contributed by atoms with Crippen LogP contribution in [-0.4, -0.2) is 25.7 Å². The molecule has 1 aromatic heterocycles. The van der Waals surface area contributed by atoms with Gasteiger partial charge in [0.25, 0.3) is 5.95 Å². The van der Waals surface area contributed by atoms with Crippen LogP contribution in [0.15, 0.2) is 0 Å². The van der Waals surface area contributed by atoms with Crippen molar-refractivity contribution in [3.63, 3.8) is 0 Å². The minimum Gasteiger partial charge on any atom is -0.349 e. The standard InChI is InChI=1S/C7H12ClN5O/c1-7(2,3)12-5-9-4(8)10-6(11-5)13-14/h14H,1-3H3,(H2,9,10,11,12,13). The summed E-state index contributed by atoms with van der Waals surface area (Å²) in [6.45, 7) is 5.87. The van der Waals surface area contributed by atoms with Crippen molar-refractivity contribution in [1.82, 2.24) is 15.0 Å². The highest BCUT2D eigenvalue weighted by molar-refractivity contribution is 6.28. The van der Waals surface area contributed by atoms with Gasteiger partial charge in [0.2, 0.25) is 11.2 Å². The minimum absolute atomic E-state index is 0.0109. The van der Waals surface area contributed by atoms with Gasteiger partial charge in [0.15, 0.2) is 0 Å². The Bertz CT molecular complexity index is 324. The first-order chi connectivity index (χ1) is 6.40. The summed E-state index contributed by atoms with van der Waals surface area (Å²) in [5.74, 6) is 0.325. The molecular formula is C7H12ClN5O. The van der Waals surface area contributed by atoms with E-state index in [9.17, 15) is 0 Å². The van der Waals surface area contributed by atoms with E-state index < -0.39 is 0 Å². The smallest absolute Gasteiger partial charge is 0.253 e. The predicted molar refractivity (Wildman–Crippen MR) is 53.6 cm³/mol. The second-order valence-corrected chi connectivity index (χ2v) is 4.08. The van der Waals surface area contributed by atoms with Gasteiger partial charge in [-0.1, -0.05) is 0 Å². The maximum absolute atomic E-state index is 8.60. The molecule has 0 atom stereocenters. The monoisotopic (exact) mass is 217 g/mol. The van der Waals surface area contributed by atoms with E-state index in [0.29, 0.717) is 5.95 Å². The summed E-state index contributed by atoms with van der Waals surface area (Å²) < 4.78 is 0. The summed E-state index contributed by atoms with van der Waals surface area (Å²) in [4.78, 5) is 11.3. The van der Waals surface area contributed by atoms with Crippen molar-refractivity contribution in [3.8, 4) is 0 Å². The third-order valence-corrected chi connectivity index (χ3v) is 1.36. The quantitative estimate of drug-likeness (QED) is 0.652. The van der Waals surface area contributed by atoms with Crippen LogP contribution in [-0.2, 0) is 0 Å². The number of hydrogen-bond donors (Lipinski definition) is 3. The average Bonchev–Trinajstić information content (AvgIpc) is 1.99. The zero-order valence-corrected chi connectivity index (χ0v) is 8.92. The van der Waals surface area contributed by atoms with Crippen molar-refractivity contribution in [1.29, 1.82) is 0 Å². The van der Waals surface area contributed by atoms with Crippen LogP contribution in [0.5, 0.6) is 0 Å². The number of nitrogens with zero attached hydrogens (tertiary/aromatic N) is 3. The number of aromatic nitrogens is 3. The van der Waals surface area contributed by atoms with Gasteiger partial charge in [-0.2, -0.15) is 15.0 Å². The van der Waals surface area contributed by atoms with E-state index in [1.165, 1.54) is 0 Å². The first kappa shape index (κ1) is 10.9. The predicted octanol–water partition coefficient (Wildman–Crippen LogP) is 1.54. The summed E-state index contributed by atoms with van der Waals surface area (Å²) in [6, 6.07) is 0. The van der Waals surface area contributed by atoms with Gasteiger partial charge in [-0.15, -0.1) is 0 Å². The molecule has 0 saturated heterocycles. The summed E-state index contributed by atoms with van der Waals surface area (Å²) in [6.07, 6.45) is 0. The normalized spacial score (nSPS) is 11.2. The van der Waals surface area contributed by atoms with Gasteiger partial charge in [0.1, 0.15) is 0 Å². The molecular weight excluding hydrogens is 206 g/mol. The van der Waals surface area contributed by atoms with Crippen LogP contribution >= 0.6 is 11.6 Å². The van der Waals surface area contributed by atoms with E-state index in [1.54, 1.807) is 0 Å². The molecule has 0 bridgehead atoms. The highest BCUT2D eigenvalue weighted by Gasteiger charge is 2.12. The molecule has 3 N–H and O–H groups in total. The average molecular weight is 218 g/mol. The molecule has 0 aliphatic rings. The Morgan fingerprint density at radius 3 is 2.21 bits per heavy atom. The summed E-state index contributed by atoms with van der Waals surface area (Å²) in [5.41, 5.74) is 1.62. The first-order valence-electron chi connectivity index (χ1n) is 4.00. The zero-order chi connectivity index (χ0) is 10.8. The van der Waals surface area contributed by atoms with Crippen LogP contribution in [0.4, 0.5) is 11.9 Å². The van der Waals surface area contributed by atoms with Crippen molar-refractivity contribution in [2.75, 3.05) is 10.8 Å². The molecule has 1 heterocycles. The molecule has 0 radical (unpaired) electrons. The highest BCUT2D eigenvalue weighted by atomic mass is 35.5. The Balaban J connectivity index is 2.92. The molecule has 0 saturated carbocycles. The lowest BCUT2D eigenvalue weighted by molar-refractivity contribution is 0.382. The van der Waals surface area contributed by atoms with Crippen LogP contribution in [0.2, 0.25) is 5.28 Å². The van der Waals surface area contributed by atoms with Crippen LogP contribution in [0.25, 0.3) is 0 Å². The molecule has 0 aliphatic carbocycles. The molecule has 0 amide bonds. The van der Waals surface area contributed by atoms with Gasteiger partial charge in [-0.25, -0.2) is 5.48 Å². The molecule has 6 nitrogen and oxygen atoms in total. The molecule has 0 unspecified atom stereocenters. The molecule has 1 rings (SSSR count). The second-order valence-electron chi connectivity index (χ2n) is 3.74. The lowest BCUT2D eigenvalue weighted by atomic mass is 10.1. The van der Waals surface area contributed by atoms with Gasteiger partial charge >= 0.3 is 0 Å². The fourth-order valence-corrected chi connectivity index (χ4v) is 0.952. The maximum Gasteiger partial charge on any atom is 0.253 e. The third kappa shape index (κ3) is 3.31. The zero-order valence-electron chi connectivity index (χ0n) is 8.17. The fraction of sp³-hybridized carbons (Fsp3) is 0.571. The number of halogens is 1. The van der Waals surface area contributed by atoms with Crippen molar-refractivity contribution < 1.29 is 5.21 Å². The molecule has 0 aromatic carbocycles. The number of hydrogen-bond acceptors (Lipinski definition) is 6. The molecule has 0 aliphatic heterocycles.